The molecule has 2 rings (SSSR count). The lowest BCUT2D eigenvalue weighted by molar-refractivity contribution is 0.0698. The van der Waals surface area contributed by atoms with Gasteiger partial charge in [-0.3, -0.25) is 4.98 Å². The van der Waals surface area contributed by atoms with Crippen molar-refractivity contribution in [2.45, 2.75) is 13.8 Å². The van der Waals surface area contributed by atoms with E-state index in [4.69, 9.17) is 23.2 Å². The Morgan fingerprint density at radius 3 is 2.53 bits per heavy atom. The van der Waals surface area contributed by atoms with Crippen molar-refractivity contribution < 1.29 is 9.90 Å². The average Bonchev–Trinajstić information content (AvgIpc) is 2.26. The van der Waals surface area contributed by atoms with Gasteiger partial charge in [-0.2, -0.15) is 0 Å². The second-order valence-corrected chi connectivity index (χ2v) is 4.55. The van der Waals surface area contributed by atoms with E-state index in [-0.39, 0.29) is 10.6 Å². The number of carboxylic acids is 1. The standard InChI is InChI=1S/C12H9Cl2NO2/c1-5-6(2)15-11-7(9(5)12(16)17)3-4-8(13)10(11)14/h3-4H,1-2H3,(H,16,17). The molecule has 0 bridgehead atoms. The van der Waals surface area contributed by atoms with Crippen LogP contribution in [-0.2, 0) is 0 Å². The van der Waals surface area contributed by atoms with Crippen LogP contribution in [0, 0.1) is 13.8 Å². The minimum absolute atomic E-state index is 0.228. The van der Waals surface area contributed by atoms with Gasteiger partial charge in [-0.15, -0.1) is 0 Å². The molecular formula is C12H9Cl2NO2. The zero-order valence-electron chi connectivity index (χ0n) is 9.21. The van der Waals surface area contributed by atoms with E-state index in [0.29, 0.717) is 27.2 Å². The lowest BCUT2D eigenvalue weighted by Crippen LogP contribution is -2.05. The largest absolute Gasteiger partial charge is 0.478 e. The van der Waals surface area contributed by atoms with Crippen molar-refractivity contribution in [3.8, 4) is 0 Å². The van der Waals surface area contributed by atoms with Crippen LogP contribution < -0.4 is 0 Å². The summed E-state index contributed by atoms with van der Waals surface area (Å²) in [5.41, 5.74) is 1.94. The highest BCUT2D eigenvalue weighted by Gasteiger charge is 2.17. The smallest absolute Gasteiger partial charge is 0.336 e. The van der Waals surface area contributed by atoms with Crippen LogP contribution in [0.5, 0.6) is 0 Å². The summed E-state index contributed by atoms with van der Waals surface area (Å²) >= 11 is 11.9. The van der Waals surface area contributed by atoms with E-state index in [9.17, 15) is 9.90 Å². The average molecular weight is 270 g/mol. The van der Waals surface area contributed by atoms with Crippen LogP contribution in [-0.4, -0.2) is 16.1 Å². The first-order valence-electron chi connectivity index (χ1n) is 4.91. The maximum atomic E-state index is 11.3. The van der Waals surface area contributed by atoms with E-state index in [1.807, 2.05) is 0 Å². The van der Waals surface area contributed by atoms with E-state index in [1.54, 1.807) is 26.0 Å². The minimum Gasteiger partial charge on any atom is -0.478 e. The Kier molecular flexibility index (Phi) is 2.98. The van der Waals surface area contributed by atoms with Crippen molar-refractivity contribution in [2.75, 3.05) is 0 Å². The third kappa shape index (κ3) is 1.85. The number of fused-ring (bicyclic) bond motifs is 1. The van der Waals surface area contributed by atoms with E-state index < -0.39 is 5.97 Å². The Morgan fingerprint density at radius 2 is 1.94 bits per heavy atom. The number of benzene rings is 1. The van der Waals surface area contributed by atoms with Gasteiger partial charge in [-0.25, -0.2) is 4.79 Å². The van der Waals surface area contributed by atoms with Crippen LogP contribution in [0.3, 0.4) is 0 Å². The molecule has 3 nitrogen and oxygen atoms in total. The third-order valence-electron chi connectivity index (χ3n) is 2.75. The van der Waals surface area contributed by atoms with Crippen molar-refractivity contribution in [2.24, 2.45) is 0 Å². The number of halogens is 2. The van der Waals surface area contributed by atoms with E-state index >= 15 is 0 Å². The third-order valence-corrected chi connectivity index (χ3v) is 3.54. The summed E-state index contributed by atoms with van der Waals surface area (Å²) in [6, 6.07) is 3.21. The number of nitrogens with zero attached hydrogens (tertiary/aromatic N) is 1. The molecule has 1 N–H and O–H groups in total. The summed E-state index contributed by atoms with van der Waals surface area (Å²) in [5.74, 6) is -0.989. The molecule has 1 heterocycles. The SMILES string of the molecule is Cc1nc2c(Cl)c(Cl)ccc2c(C(=O)O)c1C. The summed E-state index contributed by atoms with van der Waals surface area (Å²) in [6.45, 7) is 3.48. The number of aryl methyl sites for hydroxylation is 1. The van der Waals surface area contributed by atoms with Gasteiger partial charge in [0.25, 0.3) is 0 Å². The van der Waals surface area contributed by atoms with Crippen LogP contribution >= 0.6 is 23.2 Å². The Hall–Kier alpha value is -1.32. The van der Waals surface area contributed by atoms with Gasteiger partial charge in [-0.05, 0) is 25.5 Å². The molecule has 0 unspecified atom stereocenters. The number of rotatable bonds is 1. The van der Waals surface area contributed by atoms with Gasteiger partial charge in [0.1, 0.15) is 0 Å². The van der Waals surface area contributed by atoms with Crippen molar-refractivity contribution >= 4 is 40.1 Å². The second kappa shape index (κ2) is 4.17. The predicted octanol–water partition coefficient (Wildman–Crippen LogP) is 3.86. The van der Waals surface area contributed by atoms with Crippen molar-refractivity contribution in [3.63, 3.8) is 0 Å². The Labute approximate surface area is 108 Å². The first-order chi connectivity index (χ1) is 7.93. The summed E-state index contributed by atoms with van der Waals surface area (Å²) in [7, 11) is 0. The number of aromatic nitrogens is 1. The number of pyridine rings is 1. The molecule has 0 atom stereocenters. The van der Waals surface area contributed by atoms with Crippen molar-refractivity contribution in [1.29, 1.82) is 0 Å². The second-order valence-electron chi connectivity index (χ2n) is 3.76. The van der Waals surface area contributed by atoms with Gasteiger partial charge in [-0.1, -0.05) is 29.3 Å². The molecule has 5 heteroatoms. The van der Waals surface area contributed by atoms with Crippen LogP contribution in [0.25, 0.3) is 10.9 Å². The molecule has 0 spiro atoms. The zero-order chi connectivity index (χ0) is 12.7. The molecule has 0 saturated carbocycles. The van der Waals surface area contributed by atoms with Crippen LogP contribution in [0.15, 0.2) is 12.1 Å². The van der Waals surface area contributed by atoms with Crippen LogP contribution in [0.4, 0.5) is 0 Å². The van der Waals surface area contributed by atoms with E-state index in [2.05, 4.69) is 4.98 Å². The molecule has 1 aromatic carbocycles. The summed E-state index contributed by atoms with van der Waals surface area (Å²) in [4.78, 5) is 15.6. The molecule has 0 fully saturated rings. The Balaban J connectivity index is 3.02. The van der Waals surface area contributed by atoms with Gasteiger partial charge in [0.2, 0.25) is 0 Å². The number of carboxylic acid groups (broad SMARTS) is 1. The van der Waals surface area contributed by atoms with Gasteiger partial charge < -0.3 is 5.11 Å². The van der Waals surface area contributed by atoms with Gasteiger partial charge in [0, 0.05) is 11.1 Å². The molecular weight excluding hydrogens is 261 g/mol. The molecule has 88 valence electrons. The predicted molar refractivity (Wildman–Crippen MR) is 68.2 cm³/mol. The molecule has 17 heavy (non-hydrogen) atoms. The Morgan fingerprint density at radius 1 is 1.29 bits per heavy atom. The first-order valence-corrected chi connectivity index (χ1v) is 5.67. The van der Waals surface area contributed by atoms with Crippen LogP contribution in [0.2, 0.25) is 10.0 Å². The van der Waals surface area contributed by atoms with E-state index in [0.717, 1.165) is 0 Å². The normalized spacial score (nSPS) is 10.8. The van der Waals surface area contributed by atoms with Gasteiger partial charge in [0.05, 0.1) is 21.1 Å². The Bertz CT molecular complexity index is 638. The molecule has 0 amide bonds. The zero-order valence-corrected chi connectivity index (χ0v) is 10.7. The number of hydrogen-bond donors (Lipinski definition) is 1. The first kappa shape index (κ1) is 12.1. The lowest BCUT2D eigenvalue weighted by atomic mass is 10.0. The highest BCUT2D eigenvalue weighted by Crippen LogP contribution is 2.32. The molecule has 0 aliphatic carbocycles. The number of aromatic carboxylic acids is 1. The van der Waals surface area contributed by atoms with Gasteiger partial charge in [0.15, 0.2) is 0 Å². The monoisotopic (exact) mass is 269 g/mol. The molecule has 2 aromatic rings. The minimum atomic E-state index is -0.989. The molecule has 0 saturated heterocycles. The molecule has 0 aliphatic rings. The van der Waals surface area contributed by atoms with Gasteiger partial charge >= 0.3 is 5.97 Å². The fourth-order valence-corrected chi connectivity index (χ4v) is 2.12. The molecule has 0 radical (unpaired) electrons. The maximum Gasteiger partial charge on any atom is 0.336 e. The van der Waals surface area contributed by atoms with Crippen LogP contribution in [0.1, 0.15) is 21.6 Å². The quantitative estimate of drug-likeness (QED) is 0.856. The lowest BCUT2D eigenvalue weighted by Gasteiger charge is -2.10. The summed E-state index contributed by atoms with van der Waals surface area (Å²) in [6.07, 6.45) is 0. The maximum absolute atomic E-state index is 11.3. The summed E-state index contributed by atoms with van der Waals surface area (Å²) < 4.78 is 0. The highest BCUT2D eigenvalue weighted by molar-refractivity contribution is 6.45. The number of hydrogen-bond acceptors (Lipinski definition) is 2. The topological polar surface area (TPSA) is 50.2 Å². The van der Waals surface area contributed by atoms with E-state index in [1.165, 1.54) is 0 Å². The molecule has 0 aliphatic heterocycles. The van der Waals surface area contributed by atoms with Crippen molar-refractivity contribution in [3.05, 3.63) is 39.0 Å². The van der Waals surface area contributed by atoms with Crippen molar-refractivity contribution in [1.82, 2.24) is 4.98 Å². The highest BCUT2D eigenvalue weighted by atomic mass is 35.5. The fourth-order valence-electron chi connectivity index (χ4n) is 1.76. The summed E-state index contributed by atoms with van der Waals surface area (Å²) in [5, 5.41) is 10.4. The molecule has 1 aromatic heterocycles. The fraction of sp³-hybridized carbons (Fsp3) is 0.167. The number of carbonyl (C=O) groups is 1.